The van der Waals surface area contributed by atoms with Crippen LogP contribution in [0.25, 0.3) is 0 Å². The Balaban J connectivity index is 1.92. The maximum Gasteiger partial charge on any atom is 0.121 e. The number of aliphatic imine (C=N–C) groups is 1. The first-order chi connectivity index (χ1) is 15.0. The average molecular weight is 437 g/mol. The van der Waals surface area contributed by atoms with Crippen LogP contribution in [0.1, 0.15) is 29.5 Å². The van der Waals surface area contributed by atoms with Crippen LogP contribution in [0, 0.1) is 0 Å². The van der Waals surface area contributed by atoms with E-state index in [0.29, 0.717) is 13.0 Å². The largest absolute Gasteiger partial charge is 0.497 e. The fourth-order valence-corrected chi connectivity index (χ4v) is 3.88. The third-order valence-electron chi connectivity index (χ3n) is 5.46. The maximum atomic E-state index is 9.15. The Hall–Kier alpha value is -2.82. The number of nitrogens with zero attached hydrogens (tertiary/aromatic N) is 2. The molecule has 0 saturated carbocycles. The molecule has 1 unspecified atom stereocenters. The molecule has 0 aliphatic carbocycles. The number of aliphatic hydroxyl groups is 1. The quantitative estimate of drug-likeness (QED) is 0.395. The Labute approximate surface area is 189 Å². The van der Waals surface area contributed by atoms with Crippen molar-refractivity contribution in [1.82, 2.24) is 0 Å². The van der Waals surface area contributed by atoms with E-state index in [1.165, 1.54) is 5.56 Å². The highest BCUT2D eigenvalue weighted by Crippen LogP contribution is 2.35. The zero-order chi connectivity index (χ0) is 22.2. The van der Waals surface area contributed by atoms with E-state index in [0.717, 1.165) is 39.8 Å². The summed E-state index contributed by atoms with van der Waals surface area (Å²) >= 11 is 6.47. The molecular formula is C26H29ClN2O2. The Morgan fingerprint density at radius 2 is 1.84 bits per heavy atom. The lowest BCUT2D eigenvalue weighted by Crippen LogP contribution is -2.27. The van der Waals surface area contributed by atoms with Crippen molar-refractivity contribution in [3.05, 3.63) is 88.4 Å². The van der Waals surface area contributed by atoms with Crippen molar-refractivity contribution in [2.75, 3.05) is 25.2 Å². The van der Waals surface area contributed by atoms with Crippen LogP contribution in [-0.4, -0.2) is 32.1 Å². The summed E-state index contributed by atoms with van der Waals surface area (Å²) in [4.78, 5) is 6.54. The molecule has 0 radical (unpaired) electrons. The molecule has 1 atom stereocenters. The lowest BCUT2D eigenvalue weighted by atomic mass is 9.98. The number of aliphatic hydroxyl groups excluding tert-OH is 1. The zero-order valence-corrected chi connectivity index (χ0v) is 18.8. The summed E-state index contributed by atoms with van der Waals surface area (Å²) in [6, 6.07) is 22.2. The SMILES string of the molecule is C=Nc1cc(OC)ccc1N(Cc1ccccc1Cl)CC(C)c1ccc(CCO)cc1. The number of methoxy groups -OCH3 is 1. The van der Waals surface area contributed by atoms with Crippen LogP contribution >= 0.6 is 11.6 Å². The van der Waals surface area contributed by atoms with Gasteiger partial charge in [0, 0.05) is 30.8 Å². The van der Waals surface area contributed by atoms with Crippen molar-refractivity contribution in [3.8, 4) is 5.75 Å². The summed E-state index contributed by atoms with van der Waals surface area (Å²) < 4.78 is 5.37. The molecule has 0 heterocycles. The number of hydrogen-bond donors (Lipinski definition) is 1. The second-order valence-corrected chi connectivity index (χ2v) is 8.01. The first-order valence-electron chi connectivity index (χ1n) is 10.4. The van der Waals surface area contributed by atoms with Gasteiger partial charge >= 0.3 is 0 Å². The van der Waals surface area contributed by atoms with Crippen molar-refractivity contribution in [2.45, 2.75) is 25.8 Å². The molecule has 0 aliphatic rings. The molecular weight excluding hydrogens is 408 g/mol. The van der Waals surface area contributed by atoms with Crippen LogP contribution in [0.5, 0.6) is 5.75 Å². The molecule has 3 aromatic rings. The van der Waals surface area contributed by atoms with E-state index in [9.17, 15) is 0 Å². The van der Waals surface area contributed by atoms with E-state index in [-0.39, 0.29) is 12.5 Å². The monoisotopic (exact) mass is 436 g/mol. The highest BCUT2D eigenvalue weighted by atomic mass is 35.5. The molecule has 5 heteroatoms. The molecule has 4 nitrogen and oxygen atoms in total. The zero-order valence-electron chi connectivity index (χ0n) is 18.1. The van der Waals surface area contributed by atoms with Crippen LogP contribution in [0.4, 0.5) is 11.4 Å². The minimum atomic E-state index is 0.162. The summed E-state index contributed by atoms with van der Waals surface area (Å²) in [7, 11) is 1.64. The van der Waals surface area contributed by atoms with Gasteiger partial charge in [0.05, 0.1) is 18.5 Å². The van der Waals surface area contributed by atoms with Gasteiger partial charge in [0.25, 0.3) is 0 Å². The van der Waals surface area contributed by atoms with Crippen molar-refractivity contribution >= 4 is 29.7 Å². The van der Waals surface area contributed by atoms with E-state index in [2.05, 4.69) is 47.8 Å². The van der Waals surface area contributed by atoms with E-state index in [1.807, 2.05) is 42.5 Å². The van der Waals surface area contributed by atoms with Crippen LogP contribution in [-0.2, 0) is 13.0 Å². The van der Waals surface area contributed by atoms with Gasteiger partial charge in [-0.15, -0.1) is 0 Å². The van der Waals surface area contributed by atoms with Gasteiger partial charge in [0.2, 0.25) is 0 Å². The standard InChI is InChI=1S/C26H29ClN2O2/c1-19(21-10-8-20(9-11-21)14-15-30)17-29(18-22-6-4-5-7-24(22)27)26-13-12-23(31-3)16-25(26)28-2/h4-13,16,19,30H,2,14-15,17-18H2,1,3H3. The molecule has 31 heavy (non-hydrogen) atoms. The number of halogens is 1. The van der Waals surface area contributed by atoms with Crippen LogP contribution in [0.2, 0.25) is 5.02 Å². The highest BCUT2D eigenvalue weighted by molar-refractivity contribution is 6.31. The lowest BCUT2D eigenvalue weighted by Gasteiger charge is -2.30. The molecule has 0 amide bonds. The summed E-state index contributed by atoms with van der Waals surface area (Å²) in [5.41, 5.74) is 5.20. The van der Waals surface area contributed by atoms with E-state index in [1.54, 1.807) is 7.11 Å². The van der Waals surface area contributed by atoms with Gasteiger partial charge in [-0.2, -0.15) is 0 Å². The normalized spacial score (nSPS) is 11.7. The van der Waals surface area contributed by atoms with Crippen molar-refractivity contribution < 1.29 is 9.84 Å². The van der Waals surface area contributed by atoms with Crippen molar-refractivity contribution in [2.24, 2.45) is 4.99 Å². The summed E-state index contributed by atoms with van der Waals surface area (Å²) in [5, 5.41) is 9.90. The number of rotatable bonds is 10. The second-order valence-electron chi connectivity index (χ2n) is 7.60. The third-order valence-corrected chi connectivity index (χ3v) is 5.82. The fourth-order valence-electron chi connectivity index (χ4n) is 3.68. The minimum absolute atomic E-state index is 0.162. The van der Waals surface area contributed by atoms with Gasteiger partial charge in [0.1, 0.15) is 5.75 Å². The Bertz CT molecular complexity index is 1000. The second kappa shape index (κ2) is 11.0. The van der Waals surface area contributed by atoms with E-state index in [4.69, 9.17) is 21.4 Å². The van der Waals surface area contributed by atoms with Crippen LogP contribution < -0.4 is 9.64 Å². The van der Waals surface area contributed by atoms with Crippen molar-refractivity contribution in [1.29, 1.82) is 0 Å². The topological polar surface area (TPSA) is 45.1 Å². The van der Waals surface area contributed by atoms with Gasteiger partial charge in [-0.3, -0.25) is 4.99 Å². The molecule has 3 aromatic carbocycles. The molecule has 1 N–H and O–H groups in total. The predicted molar refractivity (Wildman–Crippen MR) is 130 cm³/mol. The molecule has 0 bridgehead atoms. The number of ether oxygens (including phenoxy) is 1. The maximum absolute atomic E-state index is 9.15. The Morgan fingerprint density at radius 3 is 2.48 bits per heavy atom. The average Bonchev–Trinajstić information content (AvgIpc) is 2.80. The smallest absolute Gasteiger partial charge is 0.121 e. The van der Waals surface area contributed by atoms with Crippen LogP contribution in [0.15, 0.2) is 71.7 Å². The third kappa shape index (κ3) is 5.87. The molecule has 0 fully saturated rings. The first kappa shape index (κ1) is 22.9. The summed E-state index contributed by atoms with van der Waals surface area (Å²) in [6.07, 6.45) is 0.674. The molecule has 0 spiro atoms. The van der Waals surface area contributed by atoms with Gasteiger partial charge < -0.3 is 14.7 Å². The van der Waals surface area contributed by atoms with Crippen LogP contribution in [0.3, 0.4) is 0 Å². The molecule has 162 valence electrons. The minimum Gasteiger partial charge on any atom is -0.497 e. The Morgan fingerprint density at radius 1 is 1.10 bits per heavy atom. The first-order valence-corrected chi connectivity index (χ1v) is 10.8. The van der Waals surface area contributed by atoms with E-state index >= 15 is 0 Å². The Kier molecular flexibility index (Phi) is 8.10. The van der Waals surface area contributed by atoms with Gasteiger partial charge in [0.15, 0.2) is 0 Å². The number of hydrogen-bond acceptors (Lipinski definition) is 4. The summed E-state index contributed by atoms with van der Waals surface area (Å²) in [5.74, 6) is 1.02. The fraction of sp³-hybridized carbons (Fsp3) is 0.269. The predicted octanol–water partition coefficient (Wildman–Crippen LogP) is 6.03. The summed E-state index contributed by atoms with van der Waals surface area (Å²) in [6.45, 7) is 7.57. The van der Waals surface area contributed by atoms with Crippen molar-refractivity contribution in [3.63, 3.8) is 0 Å². The van der Waals surface area contributed by atoms with Gasteiger partial charge in [-0.05, 0) is 53.9 Å². The highest BCUT2D eigenvalue weighted by Gasteiger charge is 2.18. The van der Waals surface area contributed by atoms with E-state index < -0.39 is 0 Å². The lowest BCUT2D eigenvalue weighted by molar-refractivity contribution is 0.299. The van der Waals surface area contributed by atoms with Gasteiger partial charge in [-0.1, -0.05) is 61.0 Å². The molecule has 3 rings (SSSR count). The van der Waals surface area contributed by atoms with Gasteiger partial charge in [-0.25, -0.2) is 0 Å². The number of anilines is 1. The molecule has 0 aliphatic heterocycles. The number of benzene rings is 3. The molecule has 0 aromatic heterocycles. The molecule has 0 saturated heterocycles.